The van der Waals surface area contributed by atoms with Gasteiger partial charge >= 0.3 is 0 Å². The quantitative estimate of drug-likeness (QED) is 0.881. The number of ether oxygens (including phenoxy) is 1. The molecule has 6 heteroatoms. The van der Waals surface area contributed by atoms with Gasteiger partial charge in [0.1, 0.15) is 0 Å². The van der Waals surface area contributed by atoms with Crippen LogP contribution in [-0.2, 0) is 9.53 Å². The minimum absolute atomic E-state index is 0.202. The van der Waals surface area contributed by atoms with Crippen LogP contribution in [0.25, 0.3) is 10.8 Å². The number of benzene rings is 1. The van der Waals surface area contributed by atoms with Crippen LogP contribution in [-0.4, -0.2) is 54.4 Å². The first-order valence-electron chi connectivity index (χ1n) is 7.91. The van der Waals surface area contributed by atoms with E-state index in [9.17, 15) is 4.79 Å². The van der Waals surface area contributed by atoms with Crippen LogP contribution in [0.1, 0.15) is 12.1 Å². The van der Waals surface area contributed by atoms with Crippen molar-refractivity contribution in [3.05, 3.63) is 30.0 Å². The van der Waals surface area contributed by atoms with Gasteiger partial charge in [-0.2, -0.15) is 5.10 Å². The van der Waals surface area contributed by atoms with Gasteiger partial charge in [-0.3, -0.25) is 4.79 Å². The van der Waals surface area contributed by atoms with Crippen LogP contribution >= 0.6 is 0 Å². The fraction of sp³-hybridized carbons (Fsp3) is 0.471. The van der Waals surface area contributed by atoms with E-state index in [-0.39, 0.29) is 5.91 Å². The van der Waals surface area contributed by atoms with Crippen molar-refractivity contribution >= 4 is 22.5 Å². The lowest BCUT2D eigenvalue weighted by Gasteiger charge is -2.16. The molecule has 23 heavy (non-hydrogen) atoms. The SMILES string of the molecule is COCCN1CC(CNc2nnc(C)c3ccccc23)CC1=O. The highest BCUT2D eigenvalue weighted by Gasteiger charge is 2.29. The molecule has 0 aliphatic carbocycles. The summed E-state index contributed by atoms with van der Waals surface area (Å²) in [5, 5.41) is 14.0. The Balaban J connectivity index is 1.66. The van der Waals surface area contributed by atoms with E-state index >= 15 is 0 Å². The molecule has 2 aromatic rings. The van der Waals surface area contributed by atoms with Gasteiger partial charge in [0.05, 0.1) is 12.3 Å². The molecule has 1 N–H and O–H groups in total. The van der Waals surface area contributed by atoms with Crippen molar-refractivity contribution < 1.29 is 9.53 Å². The van der Waals surface area contributed by atoms with Gasteiger partial charge in [-0.1, -0.05) is 24.3 Å². The second-order valence-corrected chi connectivity index (χ2v) is 5.96. The van der Waals surface area contributed by atoms with Crippen molar-refractivity contribution in [3.63, 3.8) is 0 Å². The summed E-state index contributed by atoms with van der Waals surface area (Å²) in [4.78, 5) is 13.8. The van der Waals surface area contributed by atoms with E-state index in [1.165, 1.54) is 0 Å². The van der Waals surface area contributed by atoms with E-state index in [0.717, 1.165) is 35.4 Å². The van der Waals surface area contributed by atoms with Gasteiger partial charge in [-0.15, -0.1) is 5.10 Å². The molecule has 0 saturated carbocycles. The Labute approximate surface area is 135 Å². The van der Waals surface area contributed by atoms with Crippen molar-refractivity contribution in [3.8, 4) is 0 Å². The Kier molecular flexibility index (Phi) is 4.71. The zero-order chi connectivity index (χ0) is 16.2. The van der Waals surface area contributed by atoms with Crippen molar-refractivity contribution in [1.29, 1.82) is 0 Å². The molecule has 1 aliphatic heterocycles. The molecule has 6 nitrogen and oxygen atoms in total. The molecule has 1 amide bonds. The number of likely N-dealkylation sites (tertiary alicyclic amines) is 1. The third kappa shape index (κ3) is 3.42. The number of hydrogen-bond acceptors (Lipinski definition) is 5. The summed E-state index contributed by atoms with van der Waals surface area (Å²) < 4.78 is 5.05. The molecule has 2 heterocycles. The number of amides is 1. The van der Waals surface area contributed by atoms with Gasteiger partial charge in [0.15, 0.2) is 5.82 Å². The van der Waals surface area contributed by atoms with E-state index in [4.69, 9.17) is 4.74 Å². The van der Waals surface area contributed by atoms with Crippen molar-refractivity contribution in [2.75, 3.05) is 38.7 Å². The predicted molar refractivity (Wildman–Crippen MR) is 89.3 cm³/mol. The van der Waals surface area contributed by atoms with Gasteiger partial charge in [0.2, 0.25) is 5.91 Å². The number of rotatable bonds is 6. The lowest BCUT2D eigenvalue weighted by molar-refractivity contribution is -0.128. The topological polar surface area (TPSA) is 67.3 Å². The summed E-state index contributed by atoms with van der Waals surface area (Å²) in [6.07, 6.45) is 0.577. The van der Waals surface area contributed by atoms with Crippen LogP contribution in [0.2, 0.25) is 0 Å². The Hall–Kier alpha value is -2.21. The zero-order valence-corrected chi connectivity index (χ0v) is 13.6. The number of hydrogen-bond donors (Lipinski definition) is 1. The van der Waals surface area contributed by atoms with Gasteiger partial charge in [-0.25, -0.2) is 0 Å². The molecule has 1 saturated heterocycles. The van der Waals surface area contributed by atoms with Crippen LogP contribution < -0.4 is 5.32 Å². The fourth-order valence-corrected chi connectivity index (χ4v) is 3.02. The number of nitrogens with one attached hydrogen (secondary N) is 1. The van der Waals surface area contributed by atoms with Gasteiger partial charge in [-0.05, 0) is 6.92 Å². The third-order valence-electron chi connectivity index (χ3n) is 4.29. The number of methoxy groups -OCH3 is 1. The van der Waals surface area contributed by atoms with E-state index in [1.807, 2.05) is 30.0 Å². The minimum Gasteiger partial charge on any atom is -0.383 e. The molecular formula is C17H22N4O2. The molecule has 1 aromatic carbocycles. The number of aryl methyl sites for hydroxylation is 1. The van der Waals surface area contributed by atoms with Gasteiger partial charge in [0.25, 0.3) is 0 Å². The lowest BCUT2D eigenvalue weighted by atomic mass is 10.1. The molecule has 1 aliphatic rings. The highest BCUT2D eigenvalue weighted by molar-refractivity contribution is 5.92. The Morgan fingerprint density at radius 1 is 1.30 bits per heavy atom. The third-order valence-corrected chi connectivity index (χ3v) is 4.29. The molecule has 122 valence electrons. The Bertz CT molecular complexity index is 704. The van der Waals surface area contributed by atoms with Crippen LogP contribution in [0.3, 0.4) is 0 Å². The smallest absolute Gasteiger partial charge is 0.223 e. The van der Waals surface area contributed by atoms with Crippen LogP contribution in [0.5, 0.6) is 0 Å². The monoisotopic (exact) mass is 314 g/mol. The average Bonchev–Trinajstić information content (AvgIpc) is 2.92. The van der Waals surface area contributed by atoms with Crippen LogP contribution in [0.4, 0.5) is 5.82 Å². The molecular weight excluding hydrogens is 292 g/mol. The fourth-order valence-electron chi connectivity index (χ4n) is 3.02. The highest BCUT2D eigenvalue weighted by atomic mass is 16.5. The molecule has 1 atom stereocenters. The largest absolute Gasteiger partial charge is 0.383 e. The van der Waals surface area contributed by atoms with Gasteiger partial charge in [0, 0.05) is 49.9 Å². The molecule has 1 unspecified atom stereocenters. The van der Waals surface area contributed by atoms with Crippen LogP contribution in [0, 0.1) is 12.8 Å². The summed E-state index contributed by atoms with van der Waals surface area (Å²) in [7, 11) is 1.65. The second kappa shape index (κ2) is 6.91. The first-order valence-corrected chi connectivity index (χ1v) is 7.91. The maximum Gasteiger partial charge on any atom is 0.223 e. The van der Waals surface area contributed by atoms with E-state index in [2.05, 4.69) is 21.6 Å². The average molecular weight is 314 g/mol. The van der Waals surface area contributed by atoms with Crippen molar-refractivity contribution in [2.45, 2.75) is 13.3 Å². The maximum absolute atomic E-state index is 12.0. The predicted octanol–water partition coefficient (Wildman–Crippen LogP) is 1.85. The van der Waals surface area contributed by atoms with Crippen molar-refractivity contribution in [1.82, 2.24) is 15.1 Å². The lowest BCUT2D eigenvalue weighted by Crippen LogP contribution is -2.29. The normalized spacial score (nSPS) is 17.9. The van der Waals surface area contributed by atoms with Gasteiger partial charge < -0.3 is 15.0 Å². The molecule has 0 spiro atoms. The minimum atomic E-state index is 0.202. The number of carbonyl (C=O) groups is 1. The molecule has 1 fully saturated rings. The van der Waals surface area contributed by atoms with Crippen LogP contribution in [0.15, 0.2) is 24.3 Å². The summed E-state index contributed by atoms with van der Waals surface area (Å²) >= 11 is 0. The summed E-state index contributed by atoms with van der Waals surface area (Å²) in [5.41, 5.74) is 0.924. The first kappa shape index (κ1) is 15.7. The number of carbonyl (C=O) groups excluding carboxylic acids is 1. The Morgan fingerprint density at radius 2 is 2.09 bits per heavy atom. The van der Waals surface area contributed by atoms with E-state index in [0.29, 0.717) is 25.5 Å². The summed E-state index contributed by atoms with van der Waals surface area (Å²) in [6, 6.07) is 8.10. The first-order chi connectivity index (χ1) is 11.2. The summed E-state index contributed by atoms with van der Waals surface area (Å²) in [6.45, 7) is 4.70. The number of fused-ring (bicyclic) bond motifs is 1. The Morgan fingerprint density at radius 3 is 2.87 bits per heavy atom. The number of anilines is 1. The zero-order valence-electron chi connectivity index (χ0n) is 13.6. The molecule has 3 rings (SSSR count). The standard InChI is InChI=1S/C17H22N4O2/c1-12-14-5-3-4-6-15(14)17(20-19-12)18-10-13-9-16(22)21(11-13)7-8-23-2/h3-6,13H,7-11H2,1-2H3,(H,18,20). The van der Waals surface area contributed by atoms with Crippen molar-refractivity contribution in [2.24, 2.45) is 5.92 Å². The molecule has 1 aromatic heterocycles. The maximum atomic E-state index is 12.0. The molecule has 0 bridgehead atoms. The summed E-state index contributed by atoms with van der Waals surface area (Å²) in [5.74, 6) is 1.28. The van der Waals surface area contributed by atoms with E-state index in [1.54, 1.807) is 7.11 Å². The number of nitrogens with zero attached hydrogens (tertiary/aromatic N) is 3. The second-order valence-electron chi connectivity index (χ2n) is 5.96. The molecule has 0 radical (unpaired) electrons. The number of aromatic nitrogens is 2. The van der Waals surface area contributed by atoms with E-state index < -0.39 is 0 Å². The highest BCUT2D eigenvalue weighted by Crippen LogP contribution is 2.24.